The van der Waals surface area contributed by atoms with Crippen LogP contribution in [0.3, 0.4) is 0 Å². The van der Waals surface area contributed by atoms with Gasteiger partial charge in [0.25, 0.3) is 0 Å². The average Bonchev–Trinajstić information content (AvgIpc) is 2.92. The molecule has 7 heteroatoms. The molecule has 0 saturated carbocycles. The second-order valence-electron chi connectivity index (χ2n) is 5.68. The fourth-order valence-electron chi connectivity index (χ4n) is 2.74. The number of benzene rings is 2. The molecule has 2 aromatic carbocycles. The molecule has 0 bridgehead atoms. The molecule has 0 amide bonds. The number of nitrogens with zero attached hydrogens (tertiary/aromatic N) is 1. The molecular formula is C19H19F2N2OPS. The van der Waals surface area contributed by atoms with E-state index in [-0.39, 0.29) is 0 Å². The minimum atomic E-state index is -0.626. The Hall–Kier alpha value is -1.88. The van der Waals surface area contributed by atoms with E-state index in [0.717, 1.165) is 21.8 Å². The highest BCUT2D eigenvalue weighted by molar-refractivity contribution is 7.98. The van der Waals surface area contributed by atoms with Crippen LogP contribution >= 0.6 is 21.2 Å². The number of ether oxygens (including phenoxy) is 1. The third kappa shape index (κ3) is 3.93. The summed E-state index contributed by atoms with van der Waals surface area (Å²) in [5.74, 6) is -0.666. The Morgan fingerprint density at radius 3 is 2.65 bits per heavy atom. The molecule has 0 aliphatic rings. The van der Waals surface area contributed by atoms with Gasteiger partial charge in [-0.3, -0.25) is 3.97 Å². The van der Waals surface area contributed by atoms with Crippen molar-refractivity contribution in [1.82, 2.24) is 9.29 Å². The minimum Gasteiger partial charge on any atom is -0.494 e. The number of aromatic nitrogens is 1. The van der Waals surface area contributed by atoms with Crippen molar-refractivity contribution >= 4 is 26.5 Å². The van der Waals surface area contributed by atoms with Crippen LogP contribution in [-0.2, 0) is 6.54 Å². The maximum Gasteiger partial charge on any atom is 0.150 e. The zero-order chi connectivity index (χ0) is 18.7. The van der Waals surface area contributed by atoms with E-state index in [1.54, 1.807) is 7.11 Å². The van der Waals surface area contributed by atoms with Crippen LogP contribution in [-0.4, -0.2) is 18.1 Å². The monoisotopic (exact) mass is 392 g/mol. The van der Waals surface area contributed by atoms with E-state index in [4.69, 9.17) is 4.74 Å². The van der Waals surface area contributed by atoms with Crippen LogP contribution < -0.4 is 15.4 Å². The van der Waals surface area contributed by atoms with Crippen LogP contribution in [0.4, 0.5) is 8.78 Å². The number of nitrogens with one attached hydrogen (secondary N) is 1. The zero-order valence-corrected chi connectivity index (χ0v) is 16.4. The molecule has 1 heterocycles. The molecule has 0 aliphatic carbocycles. The van der Waals surface area contributed by atoms with Crippen LogP contribution in [0.1, 0.15) is 5.56 Å². The van der Waals surface area contributed by atoms with E-state index >= 15 is 0 Å². The lowest BCUT2D eigenvalue weighted by Crippen LogP contribution is -2.05. The summed E-state index contributed by atoms with van der Waals surface area (Å²) in [6.07, 6.45) is 1.91. The average molecular weight is 392 g/mol. The fourth-order valence-corrected chi connectivity index (χ4v) is 4.16. The summed E-state index contributed by atoms with van der Waals surface area (Å²) in [6, 6.07) is 11.5. The van der Waals surface area contributed by atoms with Gasteiger partial charge in [0.05, 0.1) is 7.11 Å². The number of hydrogen-bond donors (Lipinski definition) is 1. The molecule has 0 spiro atoms. The Morgan fingerprint density at radius 1 is 1.19 bits per heavy atom. The summed E-state index contributed by atoms with van der Waals surface area (Å²) < 4.78 is 35.3. The predicted molar refractivity (Wildman–Crippen MR) is 106 cm³/mol. The molecule has 0 aliphatic heterocycles. The molecule has 26 heavy (non-hydrogen) atoms. The van der Waals surface area contributed by atoms with Crippen LogP contribution in [0.2, 0.25) is 0 Å². The van der Waals surface area contributed by atoms with Gasteiger partial charge in [0.2, 0.25) is 0 Å². The second kappa shape index (κ2) is 8.21. The third-order valence-corrected chi connectivity index (χ3v) is 5.13. The summed E-state index contributed by atoms with van der Waals surface area (Å²) >= 11 is 1.45. The van der Waals surface area contributed by atoms with Gasteiger partial charge in [0, 0.05) is 34.8 Å². The number of methoxy groups -OCH3 is 1. The van der Waals surface area contributed by atoms with Gasteiger partial charge in [-0.2, -0.15) is 0 Å². The molecule has 1 atom stereocenters. The largest absolute Gasteiger partial charge is 0.494 e. The number of hydrogen-bond acceptors (Lipinski definition) is 3. The minimum absolute atomic E-state index is 0.292. The van der Waals surface area contributed by atoms with Gasteiger partial charge < -0.3 is 10.1 Å². The third-order valence-electron chi connectivity index (χ3n) is 3.82. The topological polar surface area (TPSA) is 26.2 Å². The van der Waals surface area contributed by atoms with E-state index in [2.05, 4.69) is 14.6 Å². The van der Waals surface area contributed by atoms with Crippen molar-refractivity contribution in [3.05, 3.63) is 65.9 Å². The number of halogens is 2. The molecule has 1 N–H and O–H groups in total. The zero-order valence-electron chi connectivity index (χ0n) is 14.4. The Bertz CT molecular complexity index is 930. The Kier molecular flexibility index (Phi) is 5.97. The molecule has 1 aromatic heterocycles. The first-order chi connectivity index (χ1) is 12.5. The smallest absolute Gasteiger partial charge is 0.150 e. The normalized spacial score (nSPS) is 11.0. The van der Waals surface area contributed by atoms with E-state index in [9.17, 15) is 8.78 Å². The van der Waals surface area contributed by atoms with Gasteiger partial charge in [-0.05, 0) is 48.6 Å². The van der Waals surface area contributed by atoms with Crippen LogP contribution in [0.25, 0.3) is 11.3 Å². The van der Waals surface area contributed by atoms with Crippen molar-refractivity contribution in [2.75, 3.05) is 14.2 Å². The van der Waals surface area contributed by atoms with Crippen LogP contribution in [0, 0.1) is 11.6 Å². The van der Waals surface area contributed by atoms with Crippen molar-refractivity contribution in [3.8, 4) is 17.0 Å². The Morgan fingerprint density at radius 2 is 2.00 bits per heavy atom. The molecule has 0 fully saturated rings. The molecule has 136 valence electrons. The van der Waals surface area contributed by atoms with Crippen molar-refractivity contribution < 1.29 is 13.5 Å². The summed E-state index contributed by atoms with van der Waals surface area (Å²) in [5, 5.41) is 4.14. The molecule has 3 nitrogen and oxygen atoms in total. The Balaban J connectivity index is 2.16. The van der Waals surface area contributed by atoms with E-state index < -0.39 is 11.6 Å². The van der Waals surface area contributed by atoms with Gasteiger partial charge in [-0.25, -0.2) is 8.78 Å². The summed E-state index contributed by atoms with van der Waals surface area (Å²) in [4.78, 5) is 0.995. The van der Waals surface area contributed by atoms with Crippen LogP contribution in [0.15, 0.2) is 53.6 Å². The summed E-state index contributed by atoms with van der Waals surface area (Å²) in [6.45, 7) is 0.566. The summed E-state index contributed by atoms with van der Waals surface area (Å²) in [7, 11) is 6.05. The van der Waals surface area contributed by atoms with E-state index in [1.807, 2.05) is 41.5 Å². The SMILES string of the molecule is CNCc1cn(Sc2cccc(P)c2)c(-c2ccc(F)cc2F)c1OC. The first-order valence-electron chi connectivity index (χ1n) is 7.95. The van der Waals surface area contributed by atoms with Gasteiger partial charge in [-0.15, -0.1) is 9.24 Å². The van der Waals surface area contributed by atoms with Crippen molar-refractivity contribution in [2.24, 2.45) is 0 Å². The molecule has 3 rings (SSSR count). The first kappa shape index (κ1) is 18.9. The van der Waals surface area contributed by atoms with Crippen molar-refractivity contribution in [1.29, 1.82) is 0 Å². The maximum absolute atomic E-state index is 14.5. The molecule has 1 unspecified atom stereocenters. The Labute approximate surface area is 158 Å². The van der Waals surface area contributed by atoms with Gasteiger partial charge in [-0.1, -0.05) is 12.1 Å². The molecular weight excluding hydrogens is 373 g/mol. The van der Waals surface area contributed by atoms with Gasteiger partial charge in [0.15, 0.2) is 0 Å². The quantitative estimate of drug-likeness (QED) is 0.637. The van der Waals surface area contributed by atoms with E-state index in [1.165, 1.54) is 24.1 Å². The number of rotatable bonds is 6. The highest BCUT2D eigenvalue weighted by atomic mass is 32.2. The van der Waals surface area contributed by atoms with Gasteiger partial charge in [0.1, 0.15) is 23.1 Å². The second-order valence-corrected chi connectivity index (χ2v) is 7.39. The van der Waals surface area contributed by atoms with E-state index in [0.29, 0.717) is 23.6 Å². The molecule has 0 saturated heterocycles. The fraction of sp³-hybridized carbons (Fsp3) is 0.158. The lowest BCUT2D eigenvalue weighted by molar-refractivity contribution is 0.411. The highest BCUT2D eigenvalue weighted by Gasteiger charge is 2.22. The highest BCUT2D eigenvalue weighted by Crippen LogP contribution is 2.40. The summed E-state index contributed by atoms with van der Waals surface area (Å²) in [5.41, 5.74) is 1.75. The molecule has 0 radical (unpaired) electrons. The van der Waals surface area contributed by atoms with Gasteiger partial charge >= 0.3 is 0 Å². The standard InChI is InChI=1S/C19H19F2N2OPS/c1-22-10-12-11-23(26-15-5-3-4-14(25)9-15)18(19(12)24-2)16-7-6-13(20)8-17(16)21/h3-9,11,22H,10,25H2,1-2H3. The maximum atomic E-state index is 14.5. The lowest BCUT2D eigenvalue weighted by atomic mass is 10.1. The van der Waals surface area contributed by atoms with Crippen molar-refractivity contribution in [2.45, 2.75) is 11.4 Å². The lowest BCUT2D eigenvalue weighted by Gasteiger charge is -2.12. The van der Waals surface area contributed by atoms with Crippen LogP contribution in [0.5, 0.6) is 5.75 Å². The predicted octanol–water partition coefficient (Wildman–Crippen LogP) is 4.22. The first-order valence-corrected chi connectivity index (χ1v) is 9.30. The molecule has 3 aromatic rings. The van der Waals surface area contributed by atoms with Crippen molar-refractivity contribution in [3.63, 3.8) is 0 Å².